The summed E-state index contributed by atoms with van der Waals surface area (Å²) in [5.74, 6) is 0.310. The second-order valence-corrected chi connectivity index (χ2v) is 11.4. The van der Waals surface area contributed by atoms with E-state index in [0.717, 1.165) is 49.1 Å². The lowest BCUT2D eigenvalue weighted by Gasteiger charge is -2.39. The number of H-pyrrole nitrogens is 1. The van der Waals surface area contributed by atoms with Gasteiger partial charge in [-0.25, -0.2) is 0 Å². The first-order valence-electron chi connectivity index (χ1n) is 13.1. The van der Waals surface area contributed by atoms with Crippen molar-refractivity contribution < 1.29 is 9.53 Å². The lowest BCUT2D eigenvalue weighted by Crippen LogP contribution is -2.44. The fraction of sp³-hybridized carbons (Fsp3) is 0.517. The number of pyridine rings is 1. The minimum atomic E-state index is -0.279. The Kier molecular flexibility index (Phi) is 8.17. The number of halogens is 1. The predicted octanol–water partition coefficient (Wildman–Crippen LogP) is 5.23. The summed E-state index contributed by atoms with van der Waals surface area (Å²) < 4.78 is 7.96. The first-order valence-corrected chi connectivity index (χ1v) is 13.4. The Morgan fingerprint density at radius 3 is 2.57 bits per heavy atom. The molecule has 3 aromatic rings. The van der Waals surface area contributed by atoms with Crippen LogP contribution in [-0.4, -0.2) is 52.7 Å². The van der Waals surface area contributed by atoms with Gasteiger partial charge >= 0.3 is 0 Å². The van der Waals surface area contributed by atoms with Crippen LogP contribution in [0.3, 0.4) is 0 Å². The van der Waals surface area contributed by atoms with E-state index < -0.39 is 0 Å². The Bertz CT molecular complexity index is 1330. The van der Waals surface area contributed by atoms with Crippen LogP contribution in [0.2, 0.25) is 5.02 Å². The molecule has 37 heavy (non-hydrogen) atoms. The molecule has 200 valence electrons. The van der Waals surface area contributed by atoms with Crippen LogP contribution < -0.4 is 10.9 Å². The van der Waals surface area contributed by atoms with E-state index in [9.17, 15) is 9.59 Å². The van der Waals surface area contributed by atoms with Crippen molar-refractivity contribution in [2.75, 3.05) is 26.7 Å². The molecule has 0 spiro atoms. The largest absolute Gasteiger partial charge is 0.377 e. The number of amides is 1. The van der Waals surface area contributed by atoms with Crippen LogP contribution in [0.4, 0.5) is 0 Å². The predicted molar refractivity (Wildman–Crippen MR) is 150 cm³/mol. The van der Waals surface area contributed by atoms with E-state index in [1.165, 1.54) is 0 Å². The number of aromatic amines is 1. The fourth-order valence-corrected chi connectivity index (χ4v) is 6.02. The molecule has 1 aliphatic heterocycles. The van der Waals surface area contributed by atoms with Gasteiger partial charge in [0.05, 0.1) is 28.3 Å². The number of para-hydroxylation sites is 1. The number of benzene rings is 1. The van der Waals surface area contributed by atoms with Gasteiger partial charge in [0, 0.05) is 42.0 Å². The van der Waals surface area contributed by atoms with E-state index in [2.05, 4.69) is 46.6 Å². The molecule has 1 saturated heterocycles. The third-order valence-electron chi connectivity index (χ3n) is 7.90. The maximum Gasteiger partial charge on any atom is 0.254 e. The lowest BCUT2D eigenvalue weighted by atomic mass is 9.89. The van der Waals surface area contributed by atoms with Crippen LogP contribution in [0, 0.1) is 19.8 Å². The molecule has 3 heterocycles. The lowest BCUT2D eigenvalue weighted by molar-refractivity contribution is -0.0162. The highest BCUT2D eigenvalue weighted by atomic mass is 35.5. The first-order chi connectivity index (χ1) is 17.5. The average molecular weight is 527 g/mol. The average Bonchev–Trinajstić information content (AvgIpc) is 3.14. The van der Waals surface area contributed by atoms with Gasteiger partial charge in [0.1, 0.15) is 0 Å². The zero-order chi connectivity index (χ0) is 26.9. The molecule has 0 saturated carbocycles. The molecule has 2 N–H and O–H groups in total. The molecule has 1 atom stereocenters. The minimum absolute atomic E-state index is 0.0675. The molecule has 0 bridgehead atoms. The molecular formula is C29H39ClN4O3. The molecular weight excluding hydrogens is 488 g/mol. The summed E-state index contributed by atoms with van der Waals surface area (Å²) >= 11 is 6.29. The van der Waals surface area contributed by atoms with Gasteiger partial charge in [0.25, 0.3) is 11.5 Å². The topological polar surface area (TPSA) is 79.4 Å². The van der Waals surface area contributed by atoms with Crippen molar-refractivity contribution in [3.63, 3.8) is 0 Å². The molecule has 0 aliphatic carbocycles. The van der Waals surface area contributed by atoms with Crippen LogP contribution in [0.5, 0.6) is 0 Å². The molecule has 1 aromatic carbocycles. The van der Waals surface area contributed by atoms with Gasteiger partial charge in [-0.15, -0.1) is 0 Å². The SMILES string of the molecule is COC(C)(C)CN1CCC([C@@H](C)n2c(C)c(C(=O)NCc3c(Cl)cc(C)[nH]c3=O)c3ccccc32)CC1. The van der Waals surface area contributed by atoms with Crippen molar-refractivity contribution in [3.8, 4) is 0 Å². The van der Waals surface area contributed by atoms with Gasteiger partial charge < -0.3 is 24.5 Å². The molecule has 1 fully saturated rings. The molecule has 2 aromatic heterocycles. The Labute approximate surface area is 224 Å². The molecule has 8 heteroatoms. The highest BCUT2D eigenvalue weighted by Gasteiger charge is 2.31. The Hall–Kier alpha value is -2.61. The van der Waals surface area contributed by atoms with Crippen molar-refractivity contribution >= 4 is 28.4 Å². The molecule has 4 rings (SSSR count). The third-order valence-corrected chi connectivity index (χ3v) is 8.24. The second-order valence-electron chi connectivity index (χ2n) is 11.0. The van der Waals surface area contributed by atoms with Crippen molar-refractivity contribution in [1.29, 1.82) is 0 Å². The second kappa shape index (κ2) is 11.0. The zero-order valence-corrected chi connectivity index (χ0v) is 23.5. The summed E-state index contributed by atoms with van der Waals surface area (Å²) in [5, 5.41) is 4.22. The normalized spacial score (nSPS) is 16.3. The van der Waals surface area contributed by atoms with E-state index >= 15 is 0 Å². The number of methoxy groups -OCH3 is 1. The smallest absolute Gasteiger partial charge is 0.254 e. The van der Waals surface area contributed by atoms with Crippen LogP contribution in [0.1, 0.15) is 67.0 Å². The number of hydrogen-bond donors (Lipinski definition) is 2. The number of hydrogen-bond acceptors (Lipinski definition) is 4. The van der Waals surface area contributed by atoms with E-state index in [1.54, 1.807) is 20.1 Å². The van der Waals surface area contributed by atoms with Crippen LogP contribution in [0.25, 0.3) is 10.9 Å². The maximum atomic E-state index is 13.5. The highest BCUT2D eigenvalue weighted by molar-refractivity contribution is 6.31. The number of aryl methyl sites for hydroxylation is 1. The summed E-state index contributed by atoms with van der Waals surface area (Å²) in [6.45, 7) is 13.4. The van der Waals surface area contributed by atoms with E-state index in [0.29, 0.717) is 27.8 Å². The van der Waals surface area contributed by atoms with Gasteiger partial charge in [-0.1, -0.05) is 29.8 Å². The van der Waals surface area contributed by atoms with Gasteiger partial charge in [0.2, 0.25) is 0 Å². The summed E-state index contributed by atoms with van der Waals surface area (Å²) in [6, 6.07) is 10.0. The summed E-state index contributed by atoms with van der Waals surface area (Å²) in [7, 11) is 1.77. The minimum Gasteiger partial charge on any atom is -0.377 e. The number of aromatic nitrogens is 2. The van der Waals surface area contributed by atoms with E-state index in [1.807, 2.05) is 25.1 Å². The van der Waals surface area contributed by atoms with Crippen molar-refractivity contribution in [2.45, 2.75) is 65.6 Å². The Balaban J connectivity index is 1.55. The van der Waals surface area contributed by atoms with Gasteiger partial charge in [-0.3, -0.25) is 9.59 Å². The van der Waals surface area contributed by atoms with E-state index in [-0.39, 0.29) is 29.7 Å². The number of likely N-dealkylation sites (tertiary alicyclic amines) is 1. The molecule has 0 unspecified atom stereocenters. The zero-order valence-electron chi connectivity index (χ0n) is 22.8. The number of carbonyl (C=O) groups excluding carboxylic acids is 1. The van der Waals surface area contributed by atoms with Crippen LogP contribution in [-0.2, 0) is 11.3 Å². The Morgan fingerprint density at radius 1 is 1.24 bits per heavy atom. The van der Waals surface area contributed by atoms with Crippen molar-refractivity contribution in [2.24, 2.45) is 5.92 Å². The van der Waals surface area contributed by atoms with Gasteiger partial charge in [0.15, 0.2) is 0 Å². The number of rotatable bonds is 8. The van der Waals surface area contributed by atoms with E-state index in [4.69, 9.17) is 16.3 Å². The number of fused-ring (bicyclic) bond motifs is 1. The molecule has 0 radical (unpaired) electrons. The highest BCUT2D eigenvalue weighted by Crippen LogP contribution is 2.36. The van der Waals surface area contributed by atoms with Crippen LogP contribution >= 0.6 is 11.6 Å². The summed E-state index contributed by atoms with van der Waals surface area (Å²) in [4.78, 5) is 31.1. The summed E-state index contributed by atoms with van der Waals surface area (Å²) in [6.07, 6.45) is 2.20. The number of piperidine rings is 1. The van der Waals surface area contributed by atoms with Crippen molar-refractivity contribution in [1.82, 2.24) is 19.8 Å². The number of ether oxygens (including phenoxy) is 1. The standard InChI is InChI=1S/C29H39ClN4O3/c1-18-15-24(30)23(27(35)32-18)16-31-28(36)26-20(3)34(25-10-8-7-9-22(25)26)19(2)21-11-13-33(14-12-21)17-29(4,5)37-6/h7-10,15,19,21H,11-14,16-17H2,1-6H3,(H,31,36)(H,32,35)/t19-/m1/s1. The third kappa shape index (κ3) is 5.79. The Morgan fingerprint density at radius 2 is 1.92 bits per heavy atom. The van der Waals surface area contributed by atoms with Gasteiger partial charge in [-0.05, 0) is 78.6 Å². The van der Waals surface area contributed by atoms with Gasteiger partial charge in [-0.2, -0.15) is 0 Å². The molecule has 1 aliphatic rings. The number of nitrogens with one attached hydrogen (secondary N) is 2. The molecule has 1 amide bonds. The maximum absolute atomic E-state index is 13.5. The molecule has 7 nitrogen and oxygen atoms in total. The monoisotopic (exact) mass is 526 g/mol. The first kappa shape index (κ1) is 27.4. The number of nitrogens with zero attached hydrogens (tertiary/aromatic N) is 2. The van der Waals surface area contributed by atoms with Crippen molar-refractivity contribution in [3.05, 3.63) is 68.2 Å². The summed E-state index contributed by atoms with van der Waals surface area (Å²) in [5.41, 5.74) is 3.27. The van der Waals surface area contributed by atoms with Crippen LogP contribution in [0.15, 0.2) is 35.1 Å². The fourth-order valence-electron chi connectivity index (χ4n) is 5.71. The quantitative estimate of drug-likeness (QED) is 0.421. The number of carbonyl (C=O) groups is 1.